The molecule has 1 aromatic carbocycles. The maximum Gasteiger partial charge on any atom is 0.134 e. The Bertz CT molecular complexity index is 503. The predicted octanol–water partition coefficient (Wildman–Crippen LogP) is 3.59. The molecule has 0 N–H and O–H groups in total. The number of halogens is 3. The molecule has 0 aliphatic rings. The first-order valence-corrected chi connectivity index (χ1v) is 4.85. The van der Waals surface area contributed by atoms with Gasteiger partial charge in [0.25, 0.3) is 0 Å². The summed E-state index contributed by atoms with van der Waals surface area (Å²) in [7, 11) is 0. The largest absolute Gasteiger partial charge is 0.243 e. The molecule has 2 rings (SSSR count). The molecule has 0 bridgehead atoms. The van der Waals surface area contributed by atoms with E-state index >= 15 is 0 Å². The summed E-state index contributed by atoms with van der Waals surface area (Å²) in [6.45, 7) is 0. The molecule has 1 aromatic heterocycles. The maximum atomic E-state index is 13.5. The Morgan fingerprint density at radius 1 is 1.20 bits per heavy atom. The van der Waals surface area contributed by atoms with Gasteiger partial charge in [-0.05, 0) is 18.2 Å². The third-order valence-electron chi connectivity index (χ3n) is 1.85. The second-order valence-corrected chi connectivity index (χ2v) is 3.69. The Balaban J connectivity index is 2.60. The van der Waals surface area contributed by atoms with Crippen molar-refractivity contribution in [3.8, 4) is 11.3 Å². The SMILES string of the molecule is Fc1cc(Cl)ccc1-c1ncncc1Cl. The maximum absolute atomic E-state index is 13.5. The Morgan fingerprint density at radius 2 is 2.00 bits per heavy atom. The van der Waals surface area contributed by atoms with E-state index in [1.165, 1.54) is 24.7 Å². The number of rotatable bonds is 1. The number of hydrogen-bond donors (Lipinski definition) is 0. The van der Waals surface area contributed by atoms with Gasteiger partial charge in [0.15, 0.2) is 0 Å². The molecule has 0 unspecified atom stereocenters. The molecule has 1 heterocycles. The van der Waals surface area contributed by atoms with Crippen LogP contribution in [0, 0.1) is 5.82 Å². The van der Waals surface area contributed by atoms with Crippen LogP contribution in [0.2, 0.25) is 10.0 Å². The average molecular weight is 243 g/mol. The van der Waals surface area contributed by atoms with Crippen molar-refractivity contribution in [2.24, 2.45) is 0 Å². The number of nitrogens with zero attached hydrogens (tertiary/aromatic N) is 2. The third-order valence-corrected chi connectivity index (χ3v) is 2.37. The molecule has 0 atom stereocenters. The molecular weight excluding hydrogens is 238 g/mol. The van der Waals surface area contributed by atoms with Crippen LogP contribution in [0.3, 0.4) is 0 Å². The molecule has 2 aromatic rings. The highest BCUT2D eigenvalue weighted by Crippen LogP contribution is 2.28. The van der Waals surface area contributed by atoms with Crippen molar-refractivity contribution in [1.29, 1.82) is 0 Å². The quantitative estimate of drug-likeness (QED) is 0.764. The lowest BCUT2D eigenvalue weighted by atomic mass is 10.1. The van der Waals surface area contributed by atoms with E-state index in [1.807, 2.05) is 0 Å². The van der Waals surface area contributed by atoms with Crippen LogP contribution < -0.4 is 0 Å². The van der Waals surface area contributed by atoms with E-state index < -0.39 is 5.82 Å². The number of aromatic nitrogens is 2. The van der Waals surface area contributed by atoms with Gasteiger partial charge in [0.05, 0.1) is 10.7 Å². The minimum atomic E-state index is -0.455. The Morgan fingerprint density at radius 3 is 2.67 bits per heavy atom. The summed E-state index contributed by atoms with van der Waals surface area (Å²) in [4.78, 5) is 7.64. The van der Waals surface area contributed by atoms with Crippen LogP contribution in [0.5, 0.6) is 0 Å². The summed E-state index contributed by atoms with van der Waals surface area (Å²) in [5, 5.41) is 0.639. The smallest absolute Gasteiger partial charge is 0.134 e. The molecule has 15 heavy (non-hydrogen) atoms. The fourth-order valence-corrected chi connectivity index (χ4v) is 1.56. The monoisotopic (exact) mass is 242 g/mol. The first kappa shape index (κ1) is 10.3. The first-order valence-electron chi connectivity index (χ1n) is 4.09. The zero-order valence-electron chi connectivity index (χ0n) is 7.42. The molecule has 0 aliphatic heterocycles. The van der Waals surface area contributed by atoms with Crippen molar-refractivity contribution < 1.29 is 4.39 Å². The second-order valence-electron chi connectivity index (χ2n) is 2.84. The minimum absolute atomic E-state index is 0.304. The highest BCUT2D eigenvalue weighted by atomic mass is 35.5. The van der Waals surface area contributed by atoms with Crippen molar-refractivity contribution >= 4 is 23.2 Å². The lowest BCUT2D eigenvalue weighted by Crippen LogP contribution is -1.89. The topological polar surface area (TPSA) is 25.8 Å². The molecule has 0 spiro atoms. The van der Waals surface area contributed by atoms with Crippen LogP contribution in [-0.2, 0) is 0 Å². The first-order chi connectivity index (χ1) is 7.18. The third kappa shape index (κ3) is 2.08. The van der Waals surface area contributed by atoms with Gasteiger partial charge in [-0.2, -0.15) is 0 Å². The lowest BCUT2D eigenvalue weighted by Gasteiger charge is -2.03. The summed E-state index contributed by atoms with van der Waals surface area (Å²) in [6, 6.07) is 4.33. The fourth-order valence-electron chi connectivity index (χ4n) is 1.19. The second kappa shape index (κ2) is 4.13. The Kier molecular flexibility index (Phi) is 2.84. The van der Waals surface area contributed by atoms with E-state index in [4.69, 9.17) is 23.2 Å². The average Bonchev–Trinajstić information content (AvgIpc) is 2.20. The molecule has 0 aliphatic carbocycles. The van der Waals surface area contributed by atoms with Gasteiger partial charge in [-0.25, -0.2) is 14.4 Å². The zero-order chi connectivity index (χ0) is 10.8. The molecule has 0 fully saturated rings. The van der Waals surface area contributed by atoms with E-state index in [2.05, 4.69) is 9.97 Å². The molecule has 5 heteroatoms. The Labute approximate surface area is 95.7 Å². The van der Waals surface area contributed by atoms with Crippen LogP contribution in [0.4, 0.5) is 4.39 Å². The fraction of sp³-hybridized carbons (Fsp3) is 0. The molecule has 76 valence electrons. The van der Waals surface area contributed by atoms with Gasteiger partial charge < -0.3 is 0 Å². The van der Waals surface area contributed by atoms with E-state index in [-0.39, 0.29) is 0 Å². The molecule has 0 saturated heterocycles. The van der Waals surface area contributed by atoms with Crippen molar-refractivity contribution in [2.45, 2.75) is 0 Å². The normalized spacial score (nSPS) is 10.3. The van der Waals surface area contributed by atoms with Crippen molar-refractivity contribution in [1.82, 2.24) is 9.97 Å². The summed E-state index contributed by atoms with van der Waals surface area (Å²) < 4.78 is 13.5. The van der Waals surface area contributed by atoms with Gasteiger partial charge in [-0.15, -0.1) is 0 Å². The van der Waals surface area contributed by atoms with Gasteiger partial charge in [-0.1, -0.05) is 23.2 Å². The van der Waals surface area contributed by atoms with Crippen LogP contribution in [0.15, 0.2) is 30.7 Å². The van der Waals surface area contributed by atoms with Gasteiger partial charge in [-0.3, -0.25) is 0 Å². The van der Waals surface area contributed by atoms with Crippen LogP contribution in [0.1, 0.15) is 0 Å². The lowest BCUT2D eigenvalue weighted by molar-refractivity contribution is 0.631. The summed E-state index contributed by atoms with van der Waals surface area (Å²) >= 11 is 11.5. The molecule has 2 nitrogen and oxygen atoms in total. The van der Waals surface area contributed by atoms with Crippen molar-refractivity contribution in [2.75, 3.05) is 0 Å². The highest BCUT2D eigenvalue weighted by Gasteiger charge is 2.10. The molecular formula is C10H5Cl2FN2. The molecule has 0 radical (unpaired) electrons. The van der Waals surface area contributed by atoms with Gasteiger partial charge in [0.1, 0.15) is 12.1 Å². The van der Waals surface area contributed by atoms with Crippen molar-refractivity contribution in [3.63, 3.8) is 0 Å². The van der Waals surface area contributed by atoms with Gasteiger partial charge >= 0.3 is 0 Å². The summed E-state index contributed by atoms with van der Waals surface area (Å²) in [6.07, 6.45) is 2.73. The zero-order valence-corrected chi connectivity index (χ0v) is 8.93. The Hall–Kier alpha value is -1.19. The van der Waals surface area contributed by atoms with Crippen LogP contribution in [0.25, 0.3) is 11.3 Å². The molecule has 0 saturated carbocycles. The van der Waals surface area contributed by atoms with E-state index in [1.54, 1.807) is 6.07 Å². The van der Waals surface area contributed by atoms with Gasteiger partial charge in [0, 0.05) is 16.8 Å². The van der Waals surface area contributed by atoms with Crippen molar-refractivity contribution in [3.05, 3.63) is 46.6 Å². The number of hydrogen-bond acceptors (Lipinski definition) is 2. The standard InChI is InChI=1S/C10H5Cl2FN2/c11-6-1-2-7(9(13)3-6)10-8(12)4-14-5-15-10/h1-5H. The van der Waals surface area contributed by atoms with Crippen LogP contribution >= 0.6 is 23.2 Å². The summed E-state index contributed by atoms with van der Waals surface area (Å²) in [5.41, 5.74) is 0.674. The van der Waals surface area contributed by atoms with E-state index in [9.17, 15) is 4.39 Å². The van der Waals surface area contributed by atoms with Crippen LogP contribution in [-0.4, -0.2) is 9.97 Å². The van der Waals surface area contributed by atoms with E-state index in [0.717, 1.165) is 0 Å². The van der Waals surface area contributed by atoms with E-state index in [0.29, 0.717) is 21.3 Å². The summed E-state index contributed by atoms with van der Waals surface area (Å²) in [5.74, 6) is -0.455. The number of benzene rings is 1. The van der Waals surface area contributed by atoms with Gasteiger partial charge in [0.2, 0.25) is 0 Å². The molecule has 0 amide bonds. The highest BCUT2D eigenvalue weighted by molar-refractivity contribution is 6.33. The predicted molar refractivity (Wildman–Crippen MR) is 57.4 cm³/mol. The minimum Gasteiger partial charge on any atom is -0.243 e.